The summed E-state index contributed by atoms with van der Waals surface area (Å²) >= 11 is 5.66. The molecule has 0 unspecified atom stereocenters. The van der Waals surface area contributed by atoms with E-state index in [4.69, 9.17) is 11.6 Å². The second kappa shape index (κ2) is 5.10. The van der Waals surface area contributed by atoms with E-state index < -0.39 is 0 Å². The van der Waals surface area contributed by atoms with E-state index in [9.17, 15) is 0 Å². The van der Waals surface area contributed by atoms with Gasteiger partial charge >= 0.3 is 0 Å². The molecule has 0 radical (unpaired) electrons. The zero-order valence-electron chi connectivity index (χ0n) is 8.91. The molecule has 0 amide bonds. The zero-order valence-corrected chi connectivity index (χ0v) is 9.67. The number of fused-ring (bicyclic) bond motifs is 1. The fourth-order valence-corrected chi connectivity index (χ4v) is 1.63. The minimum Gasteiger partial charge on any atom is -0.306 e. The van der Waals surface area contributed by atoms with Crippen molar-refractivity contribution < 1.29 is 0 Å². The van der Waals surface area contributed by atoms with Gasteiger partial charge in [0.05, 0.1) is 11.2 Å². The van der Waals surface area contributed by atoms with Gasteiger partial charge < -0.3 is 5.32 Å². The van der Waals surface area contributed by atoms with Crippen LogP contribution < -0.4 is 5.32 Å². The first-order valence-electron chi connectivity index (χ1n) is 5.14. The molecule has 0 aliphatic rings. The summed E-state index contributed by atoms with van der Waals surface area (Å²) in [5.41, 5.74) is 2.03. The topological polar surface area (TPSA) is 24.9 Å². The van der Waals surface area contributed by atoms with Crippen LogP contribution in [0.15, 0.2) is 48.0 Å². The molecule has 0 fully saturated rings. The first-order chi connectivity index (χ1) is 7.75. The lowest BCUT2D eigenvalue weighted by Crippen LogP contribution is -2.15. The number of hydrogen-bond acceptors (Lipinski definition) is 2. The molecule has 2 nitrogen and oxygen atoms in total. The summed E-state index contributed by atoms with van der Waals surface area (Å²) in [7, 11) is 0. The Balaban J connectivity index is 2.10. The summed E-state index contributed by atoms with van der Waals surface area (Å²) in [4.78, 5) is 4.54. The zero-order chi connectivity index (χ0) is 11.4. The average Bonchev–Trinajstić information content (AvgIpc) is 2.28. The highest BCUT2D eigenvalue weighted by molar-refractivity contribution is 6.29. The van der Waals surface area contributed by atoms with Gasteiger partial charge in [-0.15, -0.1) is 0 Å². The van der Waals surface area contributed by atoms with Gasteiger partial charge in [0, 0.05) is 23.5 Å². The summed E-state index contributed by atoms with van der Waals surface area (Å²) in [5, 5.41) is 4.94. The van der Waals surface area contributed by atoms with Crippen LogP contribution in [-0.2, 0) is 6.54 Å². The van der Waals surface area contributed by atoms with Crippen LogP contribution in [0.4, 0.5) is 0 Å². The lowest BCUT2D eigenvalue weighted by Gasteiger charge is -2.04. The molecule has 0 aliphatic heterocycles. The Labute approximate surface area is 100.0 Å². The van der Waals surface area contributed by atoms with Crippen molar-refractivity contribution in [1.29, 1.82) is 0 Å². The highest BCUT2D eigenvalue weighted by Crippen LogP contribution is 2.11. The number of nitrogens with zero attached hydrogens (tertiary/aromatic N) is 1. The van der Waals surface area contributed by atoms with Crippen molar-refractivity contribution in [2.45, 2.75) is 6.54 Å². The molecule has 0 saturated heterocycles. The first kappa shape index (κ1) is 11.1. The van der Waals surface area contributed by atoms with E-state index in [1.807, 2.05) is 24.3 Å². The van der Waals surface area contributed by atoms with Crippen molar-refractivity contribution in [2.24, 2.45) is 0 Å². The first-order valence-corrected chi connectivity index (χ1v) is 5.52. The maximum Gasteiger partial charge on any atom is 0.0705 e. The molecule has 3 heteroatoms. The van der Waals surface area contributed by atoms with E-state index in [-0.39, 0.29) is 0 Å². The Bertz CT molecular complexity index is 508. The molecule has 16 heavy (non-hydrogen) atoms. The molecule has 2 aromatic rings. The number of aromatic nitrogens is 1. The predicted octanol–water partition coefficient (Wildman–Crippen LogP) is 3.08. The largest absolute Gasteiger partial charge is 0.306 e. The normalized spacial score (nSPS) is 10.6. The van der Waals surface area contributed by atoms with Crippen molar-refractivity contribution >= 4 is 22.5 Å². The van der Waals surface area contributed by atoms with Crippen LogP contribution in [0.25, 0.3) is 10.9 Å². The molecular weight excluding hydrogens is 220 g/mol. The van der Waals surface area contributed by atoms with Gasteiger partial charge in [-0.2, -0.15) is 0 Å². The number of benzene rings is 1. The van der Waals surface area contributed by atoms with Gasteiger partial charge in [-0.25, -0.2) is 0 Å². The van der Waals surface area contributed by atoms with Crippen LogP contribution in [-0.4, -0.2) is 11.5 Å². The Morgan fingerprint density at radius 3 is 2.88 bits per heavy atom. The molecule has 1 N–H and O–H groups in total. The Morgan fingerprint density at radius 2 is 2.06 bits per heavy atom. The third kappa shape index (κ3) is 2.81. The lowest BCUT2D eigenvalue weighted by atomic mass is 10.2. The summed E-state index contributed by atoms with van der Waals surface area (Å²) in [6, 6.07) is 12.2. The van der Waals surface area contributed by atoms with Crippen molar-refractivity contribution in [1.82, 2.24) is 10.3 Å². The number of para-hydroxylation sites is 1. The van der Waals surface area contributed by atoms with Gasteiger partial charge in [0.1, 0.15) is 0 Å². The van der Waals surface area contributed by atoms with Gasteiger partial charge in [0.2, 0.25) is 0 Å². The molecular formula is C13H13ClN2. The second-order valence-electron chi connectivity index (χ2n) is 3.62. The smallest absolute Gasteiger partial charge is 0.0705 e. The van der Waals surface area contributed by atoms with Crippen LogP contribution in [0.1, 0.15) is 5.69 Å². The second-order valence-corrected chi connectivity index (χ2v) is 4.15. The highest BCUT2D eigenvalue weighted by atomic mass is 35.5. The third-order valence-corrected chi connectivity index (χ3v) is 2.41. The number of pyridine rings is 1. The number of halogens is 1. The molecule has 1 heterocycles. The fourth-order valence-electron chi connectivity index (χ4n) is 1.53. The van der Waals surface area contributed by atoms with Gasteiger partial charge in [-0.05, 0) is 12.1 Å². The monoisotopic (exact) mass is 232 g/mol. The van der Waals surface area contributed by atoms with Gasteiger partial charge in [-0.3, -0.25) is 4.98 Å². The van der Waals surface area contributed by atoms with E-state index in [1.165, 1.54) is 0 Å². The molecule has 0 bridgehead atoms. The van der Waals surface area contributed by atoms with E-state index >= 15 is 0 Å². The van der Waals surface area contributed by atoms with E-state index in [2.05, 4.69) is 29.0 Å². The maximum atomic E-state index is 5.66. The number of hydrogen-bond donors (Lipinski definition) is 1. The van der Waals surface area contributed by atoms with Crippen molar-refractivity contribution in [3.8, 4) is 0 Å². The fraction of sp³-hybridized carbons (Fsp3) is 0.154. The average molecular weight is 233 g/mol. The van der Waals surface area contributed by atoms with Crippen molar-refractivity contribution in [3.63, 3.8) is 0 Å². The van der Waals surface area contributed by atoms with Gasteiger partial charge in [0.25, 0.3) is 0 Å². The quantitative estimate of drug-likeness (QED) is 0.877. The Morgan fingerprint density at radius 1 is 1.25 bits per heavy atom. The van der Waals surface area contributed by atoms with Gasteiger partial charge in [0.15, 0.2) is 0 Å². The molecule has 82 valence electrons. The van der Waals surface area contributed by atoms with E-state index in [0.29, 0.717) is 18.1 Å². The standard InChI is InChI=1S/C13H13ClN2/c1-10(14)8-15-9-12-7-6-11-4-2-3-5-13(11)16-12/h2-7,15H,1,8-9H2. The lowest BCUT2D eigenvalue weighted by molar-refractivity contribution is 0.739. The van der Waals surface area contributed by atoms with Crippen molar-refractivity contribution in [3.05, 3.63) is 53.7 Å². The summed E-state index contributed by atoms with van der Waals surface area (Å²) in [6.45, 7) is 4.93. The Kier molecular flexibility index (Phi) is 3.54. The van der Waals surface area contributed by atoms with E-state index in [1.54, 1.807) is 0 Å². The molecule has 1 aromatic carbocycles. The number of rotatable bonds is 4. The SMILES string of the molecule is C=C(Cl)CNCc1ccc2ccccc2n1. The maximum absolute atomic E-state index is 5.66. The predicted molar refractivity (Wildman–Crippen MR) is 68.4 cm³/mol. The minimum absolute atomic E-state index is 0.607. The molecule has 0 spiro atoms. The summed E-state index contributed by atoms with van der Waals surface area (Å²) in [6.07, 6.45) is 0. The molecule has 2 rings (SSSR count). The van der Waals surface area contributed by atoms with Crippen LogP contribution in [0.2, 0.25) is 0 Å². The third-order valence-electron chi connectivity index (χ3n) is 2.28. The highest BCUT2D eigenvalue weighted by Gasteiger charge is 1.97. The summed E-state index contributed by atoms with van der Waals surface area (Å²) in [5.74, 6) is 0. The van der Waals surface area contributed by atoms with Crippen LogP contribution in [0.5, 0.6) is 0 Å². The van der Waals surface area contributed by atoms with Gasteiger partial charge in [-0.1, -0.05) is 42.4 Å². The van der Waals surface area contributed by atoms with Crippen LogP contribution >= 0.6 is 11.6 Å². The van der Waals surface area contributed by atoms with Crippen LogP contribution in [0.3, 0.4) is 0 Å². The number of nitrogens with one attached hydrogen (secondary N) is 1. The Hall–Kier alpha value is -1.38. The summed E-state index contributed by atoms with van der Waals surface area (Å²) < 4.78 is 0. The minimum atomic E-state index is 0.607. The molecule has 1 aromatic heterocycles. The molecule has 0 saturated carbocycles. The molecule has 0 atom stereocenters. The molecule has 0 aliphatic carbocycles. The van der Waals surface area contributed by atoms with Crippen molar-refractivity contribution in [2.75, 3.05) is 6.54 Å². The van der Waals surface area contributed by atoms with E-state index in [0.717, 1.165) is 16.6 Å². The van der Waals surface area contributed by atoms with Crippen LogP contribution in [0, 0.1) is 0 Å².